The summed E-state index contributed by atoms with van der Waals surface area (Å²) >= 11 is 6.55. The lowest BCUT2D eigenvalue weighted by Gasteiger charge is -2.17. The van der Waals surface area contributed by atoms with Crippen LogP contribution in [0.15, 0.2) is 60.7 Å². The number of methoxy groups -OCH3 is 1. The third kappa shape index (κ3) is 6.72. The summed E-state index contributed by atoms with van der Waals surface area (Å²) in [6, 6.07) is 16.2. The van der Waals surface area contributed by atoms with Gasteiger partial charge in [0.15, 0.2) is 0 Å². The van der Waals surface area contributed by atoms with Gasteiger partial charge >= 0.3 is 12.1 Å². The number of carboxylic acid groups (broad SMARTS) is 1. The van der Waals surface area contributed by atoms with Gasteiger partial charge < -0.3 is 19.9 Å². The Morgan fingerprint density at radius 1 is 1.10 bits per heavy atom. The molecule has 0 bridgehead atoms. The standard InChI is InChI=1S/C30H23ClF3N3O5/c1-41-25-9-3-2-6-17(25)16-36-29(40)21-13-20(23(31)14-26(21)42-11-5-10-27(38)39)28-18(15-35)12-19-22(30(32,33)34)7-4-8-24(19)37-28/h2-4,6-9,12-14H,5,10-11,16H2,1H3,(H,36,40)(H,38,39). The van der Waals surface area contributed by atoms with Gasteiger partial charge in [-0.05, 0) is 36.8 Å². The van der Waals surface area contributed by atoms with Crippen LogP contribution in [0.5, 0.6) is 11.5 Å². The molecule has 4 rings (SSSR count). The molecule has 2 N–H and O–H groups in total. The van der Waals surface area contributed by atoms with Gasteiger partial charge in [-0.15, -0.1) is 0 Å². The number of hydrogen-bond acceptors (Lipinski definition) is 6. The highest BCUT2D eigenvalue weighted by molar-refractivity contribution is 6.33. The van der Waals surface area contributed by atoms with Crippen molar-refractivity contribution in [2.45, 2.75) is 25.6 Å². The van der Waals surface area contributed by atoms with E-state index < -0.39 is 23.6 Å². The van der Waals surface area contributed by atoms with Crippen LogP contribution < -0.4 is 14.8 Å². The van der Waals surface area contributed by atoms with E-state index in [0.717, 1.165) is 12.1 Å². The van der Waals surface area contributed by atoms with Crippen molar-refractivity contribution in [2.75, 3.05) is 13.7 Å². The van der Waals surface area contributed by atoms with Crippen LogP contribution in [0, 0.1) is 11.3 Å². The summed E-state index contributed by atoms with van der Waals surface area (Å²) in [4.78, 5) is 28.6. The molecule has 42 heavy (non-hydrogen) atoms. The molecule has 0 fully saturated rings. The molecule has 216 valence electrons. The van der Waals surface area contributed by atoms with Gasteiger partial charge in [-0.1, -0.05) is 35.9 Å². The van der Waals surface area contributed by atoms with Crippen LogP contribution in [0.4, 0.5) is 13.2 Å². The first-order valence-electron chi connectivity index (χ1n) is 12.5. The first kappa shape index (κ1) is 30.1. The Morgan fingerprint density at radius 2 is 1.86 bits per heavy atom. The van der Waals surface area contributed by atoms with Gasteiger partial charge in [0.25, 0.3) is 5.91 Å². The van der Waals surface area contributed by atoms with Gasteiger partial charge in [-0.3, -0.25) is 9.59 Å². The van der Waals surface area contributed by atoms with Crippen molar-refractivity contribution in [3.05, 3.63) is 87.9 Å². The fraction of sp³-hybridized carbons (Fsp3) is 0.200. The highest BCUT2D eigenvalue weighted by Crippen LogP contribution is 2.39. The first-order chi connectivity index (χ1) is 20.0. The van der Waals surface area contributed by atoms with E-state index in [2.05, 4.69) is 10.3 Å². The lowest BCUT2D eigenvalue weighted by molar-refractivity contribution is -0.137. The number of nitrogens with zero attached hydrogens (tertiary/aromatic N) is 2. The Morgan fingerprint density at radius 3 is 2.55 bits per heavy atom. The molecule has 0 atom stereocenters. The first-order valence-corrected chi connectivity index (χ1v) is 12.9. The normalized spacial score (nSPS) is 11.1. The Balaban J connectivity index is 1.78. The molecule has 4 aromatic rings. The van der Waals surface area contributed by atoms with Crippen LogP contribution in [0.25, 0.3) is 22.2 Å². The number of aromatic nitrogens is 1. The van der Waals surface area contributed by atoms with E-state index in [0.29, 0.717) is 11.3 Å². The van der Waals surface area contributed by atoms with Crippen molar-refractivity contribution in [3.63, 3.8) is 0 Å². The highest BCUT2D eigenvalue weighted by atomic mass is 35.5. The fourth-order valence-electron chi connectivity index (χ4n) is 4.29. The molecule has 0 aliphatic heterocycles. The van der Waals surface area contributed by atoms with Crippen LogP contribution in [-0.2, 0) is 17.5 Å². The summed E-state index contributed by atoms with van der Waals surface area (Å²) in [7, 11) is 1.50. The Bertz CT molecular complexity index is 1700. The van der Waals surface area contributed by atoms with Gasteiger partial charge in [0.2, 0.25) is 0 Å². The van der Waals surface area contributed by atoms with E-state index in [-0.39, 0.29) is 70.1 Å². The minimum Gasteiger partial charge on any atom is -0.496 e. The molecule has 0 radical (unpaired) electrons. The minimum absolute atomic E-state index is 0.00514. The summed E-state index contributed by atoms with van der Waals surface area (Å²) in [5, 5.41) is 21.3. The number of benzene rings is 3. The zero-order valence-electron chi connectivity index (χ0n) is 22.1. The molecular weight excluding hydrogens is 575 g/mol. The number of amides is 1. The number of para-hydroxylation sites is 1. The SMILES string of the molecule is COc1ccccc1CNC(=O)c1cc(-c2nc3cccc(C(F)(F)F)c3cc2C#N)c(Cl)cc1OCCCC(=O)O. The summed E-state index contributed by atoms with van der Waals surface area (Å²) < 4.78 is 51.9. The Hall–Kier alpha value is -4.82. The van der Waals surface area contributed by atoms with E-state index in [1.165, 1.54) is 31.4 Å². The van der Waals surface area contributed by atoms with Crippen LogP contribution in [0.3, 0.4) is 0 Å². The molecule has 8 nitrogen and oxygen atoms in total. The average Bonchev–Trinajstić information content (AvgIpc) is 2.96. The quantitative estimate of drug-likeness (QED) is 0.197. The van der Waals surface area contributed by atoms with Crippen molar-refractivity contribution in [2.24, 2.45) is 0 Å². The lowest BCUT2D eigenvalue weighted by atomic mass is 9.99. The molecular formula is C30H23ClF3N3O5. The molecule has 1 amide bonds. The molecule has 0 unspecified atom stereocenters. The van der Waals surface area contributed by atoms with Gasteiger partial charge in [0.1, 0.15) is 17.6 Å². The number of carbonyl (C=O) groups is 2. The number of hydrogen-bond donors (Lipinski definition) is 2. The molecule has 0 saturated heterocycles. The molecule has 0 spiro atoms. The molecule has 0 saturated carbocycles. The number of halogens is 4. The molecule has 1 heterocycles. The third-order valence-electron chi connectivity index (χ3n) is 6.28. The van der Waals surface area contributed by atoms with Crippen molar-refractivity contribution in [1.82, 2.24) is 10.3 Å². The lowest BCUT2D eigenvalue weighted by Crippen LogP contribution is -2.24. The zero-order chi connectivity index (χ0) is 30.4. The second-order valence-electron chi connectivity index (χ2n) is 9.03. The van der Waals surface area contributed by atoms with Gasteiger partial charge in [-0.25, -0.2) is 4.98 Å². The zero-order valence-corrected chi connectivity index (χ0v) is 22.8. The number of rotatable bonds is 10. The number of pyridine rings is 1. The Kier molecular flexibility index (Phi) is 9.18. The number of nitriles is 1. The van der Waals surface area contributed by atoms with Crippen LogP contribution in [0.2, 0.25) is 5.02 Å². The number of carbonyl (C=O) groups excluding carboxylic acids is 1. The van der Waals surface area contributed by atoms with E-state index in [4.69, 9.17) is 26.2 Å². The van der Waals surface area contributed by atoms with Gasteiger partial charge in [0.05, 0.1) is 46.6 Å². The summed E-state index contributed by atoms with van der Waals surface area (Å²) in [6.07, 6.45) is -4.67. The summed E-state index contributed by atoms with van der Waals surface area (Å²) in [5.41, 5.74) is -0.367. The van der Waals surface area contributed by atoms with E-state index in [1.54, 1.807) is 24.3 Å². The monoisotopic (exact) mass is 597 g/mol. The highest BCUT2D eigenvalue weighted by Gasteiger charge is 2.33. The number of alkyl halides is 3. The van der Waals surface area contributed by atoms with Crippen LogP contribution >= 0.6 is 11.6 Å². The molecule has 0 aliphatic rings. The predicted octanol–water partition coefficient (Wildman–Crippen LogP) is 6.63. The van der Waals surface area contributed by atoms with Gasteiger partial charge in [-0.2, -0.15) is 18.4 Å². The maximum absolute atomic E-state index is 13.6. The van der Waals surface area contributed by atoms with E-state index in [9.17, 15) is 28.0 Å². The number of carboxylic acids is 1. The number of fused-ring (bicyclic) bond motifs is 1. The number of aliphatic carboxylic acids is 1. The molecule has 3 aromatic carbocycles. The number of ether oxygens (including phenoxy) is 2. The topological polar surface area (TPSA) is 122 Å². The average molecular weight is 598 g/mol. The number of nitrogens with one attached hydrogen (secondary N) is 1. The maximum Gasteiger partial charge on any atom is 0.417 e. The van der Waals surface area contributed by atoms with E-state index >= 15 is 0 Å². The Labute approximate surface area is 243 Å². The molecule has 0 aliphatic carbocycles. The predicted molar refractivity (Wildman–Crippen MR) is 148 cm³/mol. The smallest absolute Gasteiger partial charge is 0.417 e. The van der Waals surface area contributed by atoms with Crippen molar-refractivity contribution in [3.8, 4) is 28.8 Å². The van der Waals surface area contributed by atoms with E-state index in [1.807, 2.05) is 6.07 Å². The summed E-state index contributed by atoms with van der Waals surface area (Å²) in [5.74, 6) is -1.00. The van der Waals surface area contributed by atoms with Gasteiger partial charge in [0, 0.05) is 35.5 Å². The molecule has 1 aromatic heterocycles. The second kappa shape index (κ2) is 12.8. The van der Waals surface area contributed by atoms with Crippen LogP contribution in [-0.4, -0.2) is 35.7 Å². The second-order valence-corrected chi connectivity index (χ2v) is 9.44. The minimum atomic E-state index is -4.67. The van der Waals surface area contributed by atoms with Crippen molar-refractivity contribution >= 4 is 34.4 Å². The summed E-state index contributed by atoms with van der Waals surface area (Å²) in [6.45, 7) is 0.0454. The molecule has 12 heteroatoms. The van der Waals surface area contributed by atoms with Crippen LogP contribution in [0.1, 0.15) is 39.9 Å². The largest absolute Gasteiger partial charge is 0.496 e. The van der Waals surface area contributed by atoms with Crippen molar-refractivity contribution in [1.29, 1.82) is 5.26 Å². The van der Waals surface area contributed by atoms with Crippen molar-refractivity contribution < 1.29 is 37.3 Å². The maximum atomic E-state index is 13.6. The fourth-order valence-corrected chi connectivity index (χ4v) is 4.54. The third-order valence-corrected chi connectivity index (χ3v) is 6.59.